The summed E-state index contributed by atoms with van der Waals surface area (Å²) in [5, 5.41) is 10.8. The Morgan fingerprint density at radius 1 is 0.648 bits per heavy atom. The molecule has 4 fully saturated rings. The summed E-state index contributed by atoms with van der Waals surface area (Å²) in [5.41, 5.74) is -2.25. The summed E-state index contributed by atoms with van der Waals surface area (Å²) in [6, 6.07) is -5.94. The lowest BCUT2D eigenvalue weighted by molar-refractivity contribution is -0.150. The predicted octanol–water partition coefficient (Wildman–Crippen LogP) is 4.53. The molecule has 5 rings (SSSR count). The first kappa shape index (κ1) is 72.2. The van der Waals surface area contributed by atoms with E-state index < -0.39 is 161 Å². The Morgan fingerprint density at radius 2 is 1.25 bits per heavy atom. The van der Waals surface area contributed by atoms with Gasteiger partial charge in [-0.05, 0) is 101 Å². The van der Waals surface area contributed by atoms with Crippen molar-refractivity contribution in [1.82, 2.24) is 55.6 Å². The molecule has 1 aromatic carbocycles. The van der Waals surface area contributed by atoms with Crippen molar-refractivity contribution < 1.29 is 65.9 Å². The molecule has 492 valence electrons. The second-order valence-corrected chi connectivity index (χ2v) is 25.9. The number of carbonyl (C=O) groups excluding carboxylic acids is 11. The number of rotatable bonds is 8. The molecule has 1 spiro atoms. The molecular weight excluding hydrogens is 1170 g/mol. The van der Waals surface area contributed by atoms with Gasteiger partial charge in [0.2, 0.25) is 65.0 Å². The van der Waals surface area contributed by atoms with Crippen LogP contribution in [0.4, 0.5) is 13.2 Å². The number of hydrogen-bond acceptors (Lipinski definition) is 11. The Hall–Kier alpha value is -6.53. The number of nitrogens with zero attached hydrogens (tertiary/aromatic N) is 7. The second kappa shape index (κ2) is 31.3. The molecule has 4 N–H and O–H groups in total. The molecule has 88 heavy (non-hydrogen) atoms. The van der Waals surface area contributed by atoms with Gasteiger partial charge in [-0.2, -0.15) is 13.2 Å². The van der Waals surface area contributed by atoms with E-state index >= 15 is 4.79 Å². The van der Waals surface area contributed by atoms with Crippen LogP contribution in [-0.2, 0) is 65.3 Å². The van der Waals surface area contributed by atoms with Crippen molar-refractivity contribution in [3.05, 3.63) is 34.3 Å². The van der Waals surface area contributed by atoms with E-state index in [1.165, 1.54) is 86.7 Å². The van der Waals surface area contributed by atoms with Crippen LogP contribution in [0.1, 0.15) is 156 Å². The van der Waals surface area contributed by atoms with Gasteiger partial charge in [0.15, 0.2) is 0 Å². The number of carbonyl (C=O) groups is 11. The van der Waals surface area contributed by atoms with Gasteiger partial charge in [-0.3, -0.25) is 52.7 Å². The molecular formula is C62H95ClF3N11O11. The van der Waals surface area contributed by atoms with Gasteiger partial charge in [0.05, 0.1) is 23.7 Å². The highest BCUT2D eigenvalue weighted by Gasteiger charge is 2.50. The van der Waals surface area contributed by atoms with Gasteiger partial charge in [-0.1, -0.05) is 96.7 Å². The molecule has 0 radical (unpaired) electrons. The first-order valence-electron chi connectivity index (χ1n) is 31.1. The van der Waals surface area contributed by atoms with E-state index in [9.17, 15) is 61.1 Å². The smallest absolute Gasteiger partial charge is 0.351 e. The van der Waals surface area contributed by atoms with E-state index in [1.54, 1.807) is 27.7 Å². The third-order valence-electron chi connectivity index (χ3n) is 18.7. The van der Waals surface area contributed by atoms with Gasteiger partial charge in [0.1, 0.15) is 47.8 Å². The zero-order valence-corrected chi connectivity index (χ0v) is 54.4. The molecule has 2 heterocycles. The summed E-state index contributed by atoms with van der Waals surface area (Å²) in [6.45, 7) is 10.7. The summed E-state index contributed by atoms with van der Waals surface area (Å²) < 4.78 is 41.3. The van der Waals surface area contributed by atoms with Crippen LogP contribution in [0.15, 0.2) is 18.2 Å². The molecule has 22 nitrogen and oxygen atoms in total. The standard InChI is InChI=1S/C62H95ClF3N11O11/c1-14-37(4)51-59(87)72(9)34-49(79)71(8)35-50(80)75(12)47(33-41-21-16-15-17-22-41)58(86)74(11)40(7)53(81)68-45(27-25-42-24-26-43(44(63)32-42)62(64,65)66)57(85)77-30-20-23-46(77)55(83)70-61(28-18-19-29-61)60(88)76(13)52(36(2)3)56(84)67-38(5)31-48(78)73(10)39(6)54(82)69-51/h24,26,32,36-41,45-47,51-52H,14-23,25,27-31,33-35H2,1-13H3,(H,67,84)(H,68,81)(H,69,82)(H,70,83)/t37-,38+,39-,40+,45-,46-,47-,51-,52-/m0/s1. The van der Waals surface area contributed by atoms with Crippen molar-refractivity contribution in [3.8, 4) is 0 Å². The lowest BCUT2D eigenvalue weighted by atomic mass is 9.84. The van der Waals surface area contributed by atoms with E-state index in [2.05, 4.69) is 21.3 Å². The van der Waals surface area contributed by atoms with Gasteiger partial charge in [0.25, 0.3) is 0 Å². The highest BCUT2D eigenvalue weighted by Crippen LogP contribution is 2.37. The number of likely N-dealkylation sites (N-methyl/N-ethyl adjacent to an activating group) is 6. The predicted molar refractivity (Wildman–Crippen MR) is 323 cm³/mol. The van der Waals surface area contributed by atoms with Crippen molar-refractivity contribution in [1.29, 1.82) is 0 Å². The van der Waals surface area contributed by atoms with Crippen molar-refractivity contribution >= 4 is 76.6 Å². The van der Waals surface area contributed by atoms with E-state index in [-0.39, 0.29) is 57.4 Å². The van der Waals surface area contributed by atoms with Crippen LogP contribution in [0.5, 0.6) is 0 Å². The SMILES string of the molecule is CC[C@H](C)[C@@H]1NC(=O)[C@H](C)N(C)C(=O)C[C@@H](C)NC(=O)[C@H](C(C)C)N(C)C(=O)C2(CCCC2)NC(=O)[C@@H]2CCCN2C(=O)[C@H](CCc2ccc(C(F)(F)F)c(Cl)c2)NC(=O)[C@@H](C)N(C)C(=O)[C@H](CC2CCCCC2)N(C)C(=O)CN(C)C(=O)CN(C)C1=O. The molecule has 0 unspecified atom stereocenters. The summed E-state index contributed by atoms with van der Waals surface area (Å²) in [7, 11) is 8.47. The van der Waals surface area contributed by atoms with Gasteiger partial charge in [-0.15, -0.1) is 0 Å². The Bertz CT molecular complexity index is 2720. The third-order valence-corrected chi connectivity index (χ3v) is 19.0. The molecule has 26 heteroatoms. The molecule has 1 aromatic rings. The molecule has 0 bridgehead atoms. The van der Waals surface area contributed by atoms with E-state index in [4.69, 9.17) is 11.6 Å². The average Bonchev–Trinajstić information content (AvgIpc) is 3.81. The van der Waals surface area contributed by atoms with Gasteiger partial charge < -0.3 is 55.6 Å². The molecule has 9 atom stereocenters. The second-order valence-electron chi connectivity index (χ2n) is 25.5. The van der Waals surface area contributed by atoms with Crippen molar-refractivity contribution in [2.75, 3.05) is 61.9 Å². The van der Waals surface area contributed by atoms with Crippen molar-refractivity contribution in [2.45, 2.75) is 211 Å². The number of nitrogens with one attached hydrogen (secondary N) is 4. The van der Waals surface area contributed by atoms with Crippen LogP contribution >= 0.6 is 11.6 Å². The van der Waals surface area contributed by atoms with Crippen LogP contribution in [0, 0.1) is 17.8 Å². The summed E-state index contributed by atoms with van der Waals surface area (Å²) >= 11 is 6.12. The van der Waals surface area contributed by atoms with Crippen LogP contribution in [0.25, 0.3) is 0 Å². The zero-order valence-electron chi connectivity index (χ0n) is 53.7. The maximum atomic E-state index is 15.1. The molecule has 0 aromatic heterocycles. The van der Waals surface area contributed by atoms with Crippen LogP contribution in [0.2, 0.25) is 5.02 Å². The van der Waals surface area contributed by atoms with Gasteiger partial charge in [-0.25, -0.2) is 0 Å². The minimum absolute atomic E-state index is 0.0270. The monoisotopic (exact) mass is 1260 g/mol. The zero-order chi connectivity index (χ0) is 65.9. The van der Waals surface area contributed by atoms with Crippen LogP contribution in [-0.4, -0.2) is 215 Å². The highest BCUT2D eigenvalue weighted by atomic mass is 35.5. The number of hydrogen-bond donors (Lipinski definition) is 4. The molecule has 11 amide bonds. The van der Waals surface area contributed by atoms with Crippen LogP contribution in [0.3, 0.4) is 0 Å². The summed E-state index contributed by atoms with van der Waals surface area (Å²) in [6.07, 6.45) is 1.80. The maximum Gasteiger partial charge on any atom is 0.417 e. The average molecular weight is 1260 g/mol. The maximum absolute atomic E-state index is 15.1. The number of halogens is 4. The normalized spacial score (nSPS) is 27.4. The molecule has 2 aliphatic heterocycles. The van der Waals surface area contributed by atoms with Crippen molar-refractivity contribution in [2.24, 2.45) is 17.8 Å². The Balaban J connectivity index is 1.54. The Kier molecular flexibility index (Phi) is 25.7. The van der Waals surface area contributed by atoms with E-state index in [1.807, 2.05) is 6.92 Å². The molecule has 2 aliphatic carbocycles. The largest absolute Gasteiger partial charge is 0.417 e. The highest BCUT2D eigenvalue weighted by molar-refractivity contribution is 6.31. The Morgan fingerprint density at radius 3 is 1.84 bits per heavy atom. The minimum atomic E-state index is -4.75. The minimum Gasteiger partial charge on any atom is -0.351 e. The summed E-state index contributed by atoms with van der Waals surface area (Å²) in [4.78, 5) is 167. The topological polar surface area (TPSA) is 259 Å². The third kappa shape index (κ3) is 17.9. The fourth-order valence-electron chi connectivity index (χ4n) is 12.5. The summed E-state index contributed by atoms with van der Waals surface area (Å²) in [5.74, 6) is -7.82. The van der Waals surface area contributed by atoms with Crippen LogP contribution < -0.4 is 21.3 Å². The van der Waals surface area contributed by atoms with E-state index in [0.717, 1.165) is 54.0 Å². The number of benzene rings is 1. The number of aryl methyl sites for hydroxylation is 1. The first-order valence-corrected chi connectivity index (χ1v) is 31.5. The number of fused-ring (bicyclic) bond motifs is 1. The van der Waals surface area contributed by atoms with E-state index in [0.29, 0.717) is 31.2 Å². The van der Waals surface area contributed by atoms with Crippen molar-refractivity contribution in [3.63, 3.8) is 0 Å². The first-order chi connectivity index (χ1) is 41.1. The lowest BCUT2D eigenvalue weighted by Crippen LogP contribution is -2.64. The molecule has 2 saturated heterocycles. The molecule has 2 saturated carbocycles. The number of alkyl halides is 3. The fraction of sp³-hybridized carbons (Fsp3) is 0.726. The molecule has 4 aliphatic rings. The fourth-order valence-corrected chi connectivity index (χ4v) is 12.8. The number of amides is 11. The van der Waals surface area contributed by atoms with Gasteiger partial charge in [0, 0.05) is 61.3 Å². The Labute approximate surface area is 521 Å². The quantitative estimate of drug-likeness (QED) is 0.281. The van der Waals surface area contributed by atoms with Gasteiger partial charge >= 0.3 is 6.18 Å². The lowest BCUT2D eigenvalue weighted by Gasteiger charge is -2.39.